The molecule has 6 rings (SSSR count). The van der Waals surface area contributed by atoms with Crippen LogP contribution in [0.3, 0.4) is 0 Å². The molecule has 0 radical (unpaired) electrons. The molecule has 0 saturated carbocycles. The Morgan fingerprint density at radius 2 is 1.66 bits per heavy atom. The summed E-state index contributed by atoms with van der Waals surface area (Å²) < 4.78 is 2.21. The third kappa shape index (κ3) is 3.84. The van der Waals surface area contributed by atoms with E-state index in [1.54, 1.807) is 0 Å². The summed E-state index contributed by atoms with van der Waals surface area (Å²) >= 11 is 0. The molecular weight excluding hydrogens is 430 g/mol. The molecule has 3 atom stereocenters. The summed E-state index contributed by atoms with van der Waals surface area (Å²) in [6.45, 7) is 8.89. The first-order valence-electron chi connectivity index (χ1n) is 12.7. The Morgan fingerprint density at radius 3 is 2.43 bits per heavy atom. The fourth-order valence-corrected chi connectivity index (χ4v) is 5.64. The Labute approximate surface area is 207 Å². The maximum Gasteiger partial charge on any atom is 0.137 e. The van der Waals surface area contributed by atoms with E-state index in [0.29, 0.717) is 18.0 Å². The van der Waals surface area contributed by atoms with Gasteiger partial charge in [-0.1, -0.05) is 37.3 Å². The van der Waals surface area contributed by atoms with Crippen LogP contribution in [-0.2, 0) is 0 Å². The van der Waals surface area contributed by atoms with Crippen LogP contribution in [0.15, 0.2) is 73.2 Å². The number of aromatic nitrogens is 3. The fourth-order valence-electron chi connectivity index (χ4n) is 5.64. The number of imidazole rings is 1. The highest BCUT2D eigenvalue weighted by atomic mass is 15.3. The van der Waals surface area contributed by atoms with Crippen molar-refractivity contribution in [2.45, 2.75) is 45.2 Å². The van der Waals surface area contributed by atoms with Crippen LogP contribution < -0.4 is 4.90 Å². The summed E-state index contributed by atoms with van der Waals surface area (Å²) in [6, 6.07) is 18.5. The van der Waals surface area contributed by atoms with Crippen molar-refractivity contribution in [3.05, 3.63) is 90.0 Å². The number of benzene rings is 1. The van der Waals surface area contributed by atoms with E-state index in [0.717, 1.165) is 47.8 Å². The molecule has 5 nitrogen and oxygen atoms in total. The van der Waals surface area contributed by atoms with Crippen molar-refractivity contribution in [1.82, 2.24) is 19.3 Å². The van der Waals surface area contributed by atoms with Crippen LogP contribution >= 0.6 is 0 Å². The van der Waals surface area contributed by atoms with Gasteiger partial charge in [-0.05, 0) is 74.2 Å². The highest BCUT2D eigenvalue weighted by molar-refractivity contribution is 5.83. The molecule has 0 amide bonds. The third-order valence-corrected chi connectivity index (χ3v) is 8.01. The van der Waals surface area contributed by atoms with Crippen LogP contribution in [0.5, 0.6) is 0 Å². The van der Waals surface area contributed by atoms with E-state index >= 15 is 0 Å². The van der Waals surface area contributed by atoms with Gasteiger partial charge in [0.1, 0.15) is 11.5 Å². The molecule has 1 fully saturated rings. The lowest BCUT2D eigenvalue weighted by Crippen LogP contribution is -2.55. The molecule has 1 saturated heterocycles. The van der Waals surface area contributed by atoms with Crippen molar-refractivity contribution < 1.29 is 0 Å². The molecule has 4 heterocycles. The Bertz CT molecular complexity index is 1390. The van der Waals surface area contributed by atoms with Crippen molar-refractivity contribution in [3.63, 3.8) is 0 Å². The third-order valence-electron chi connectivity index (χ3n) is 8.01. The van der Waals surface area contributed by atoms with Crippen molar-refractivity contribution in [3.8, 4) is 11.1 Å². The van der Waals surface area contributed by atoms with Gasteiger partial charge in [0.15, 0.2) is 0 Å². The quantitative estimate of drug-likeness (QED) is 0.381. The van der Waals surface area contributed by atoms with Crippen molar-refractivity contribution in [1.29, 1.82) is 0 Å². The second-order valence-corrected chi connectivity index (χ2v) is 10.3. The summed E-state index contributed by atoms with van der Waals surface area (Å²) in [4.78, 5) is 14.5. The monoisotopic (exact) mass is 463 g/mol. The zero-order chi connectivity index (χ0) is 24.1. The highest BCUT2D eigenvalue weighted by Gasteiger charge is 2.27. The fraction of sp³-hybridized carbons (Fsp3) is 0.333. The highest BCUT2D eigenvalue weighted by Crippen LogP contribution is 2.37. The lowest BCUT2D eigenvalue weighted by atomic mass is 9.83. The molecule has 178 valence electrons. The van der Waals surface area contributed by atoms with Gasteiger partial charge in [0.05, 0.1) is 11.9 Å². The van der Waals surface area contributed by atoms with Crippen LogP contribution in [-0.4, -0.2) is 51.5 Å². The average molecular weight is 464 g/mol. The van der Waals surface area contributed by atoms with E-state index < -0.39 is 0 Å². The molecule has 1 aliphatic carbocycles. The van der Waals surface area contributed by atoms with Gasteiger partial charge in [-0.25, -0.2) is 9.97 Å². The number of nitrogens with zero attached hydrogens (tertiary/aromatic N) is 5. The van der Waals surface area contributed by atoms with Gasteiger partial charge >= 0.3 is 0 Å². The lowest BCUT2D eigenvalue weighted by molar-refractivity contribution is 0.169. The Balaban J connectivity index is 1.28. The van der Waals surface area contributed by atoms with E-state index in [9.17, 15) is 0 Å². The number of likely N-dealkylation sites (N-methyl/N-ethyl adjacent to an activating group) is 1. The van der Waals surface area contributed by atoms with Crippen LogP contribution in [0.2, 0.25) is 0 Å². The Kier molecular flexibility index (Phi) is 5.45. The van der Waals surface area contributed by atoms with E-state index in [1.807, 2.05) is 12.4 Å². The van der Waals surface area contributed by atoms with Crippen LogP contribution in [0.25, 0.3) is 22.3 Å². The largest absolute Gasteiger partial charge is 0.354 e. The number of pyridine rings is 2. The maximum absolute atomic E-state index is 4.83. The van der Waals surface area contributed by atoms with Gasteiger partial charge in [-0.3, -0.25) is 9.30 Å². The topological polar surface area (TPSA) is 36.7 Å². The van der Waals surface area contributed by atoms with Crippen LogP contribution in [0.4, 0.5) is 5.82 Å². The molecular formula is C30H33N5. The predicted molar refractivity (Wildman–Crippen MR) is 144 cm³/mol. The first-order chi connectivity index (χ1) is 17.0. The van der Waals surface area contributed by atoms with Gasteiger partial charge < -0.3 is 4.90 Å². The molecule has 1 aromatic carbocycles. The molecule has 35 heavy (non-hydrogen) atoms. The minimum atomic E-state index is 0.520. The number of hydrogen-bond donors (Lipinski definition) is 0. The minimum absolute atomic E-state index is 0.520. The van der Waals surface area contributed by atoms with Crippen LogP contribution in [0, 0.1) is 0 Å². The first kappa shape index (κ1) is 22.1. The number of rotatable bonds is 3. The molecule has 0 N–H and O–H groups in total. The van der Waals surface area contributed by atoms with E-state index in [2.05, 4.69) is 103 Å². The molecule has 1 unspecified atom stereocenters. The zero-order valence-corrected chi connectivity index (χ0v) is 21.0. The molecule has 5 heteroatoms. The maximum atomic E-state index is 4.83. The first-order valence-corrected chi connectivity index (χ1v) is 12.7. The van der Waals surface area contributed by atoms with E-state index in [4.69, 9.17) is 9.97 Å². The number of piperazine rings is 1. The van der Waals surface area contributed by atoms with Crippen molar-refractivity contribution in [2.75, 3.05) is 25.0 Å². The zero-order valence-electron chi connectivity index (χ0n) is 21.0. The van der Waals surface area contributed by atoms with Crippen molar-refractivity contribution >= 4 is 17.0 Å². The number of hydrogen-bond acceptors (Lipinski definition) is 4. The van der Waals surface area contributed by atoms with E-state index in [1.165, 1.54) is 16.7 Å². The minimum Gasteiger partial charge on any atom is -0.354 e. The summed E-state index contributed by atoms with van der Waals surface area (Å²) in [7, 11) is 2.21. The summed E-state index contributed by atoms with van der Waals surface area (Å²) in [5.41, 5.74) is 8.39. The standard InChI is InChI=1S/C30H33N5/c1-20-9-11-27(26-8-6-5-7-25(20)26)28-17-32-30-15-23(13-14-35(28)30)24-10-12-29(31-16-24)34-18-21(2)33(4)22(3)19-34/h5-8,10-17,20-22H,9,18-19H2,1-4H3/t20?,21-,22+. The average Bonchev–Trinajstić information content (AvgIpc) is 3.30. The number of fused-ring (bicyclic) bond motifs is 2. The molecule has 3 aromatic heterocycles. The van der Waals surface area contributed by atoms with Gasteiger partial charge in [0.2, 0.25) is 0 Å². The summed E-state index contributed by atoms with van der Waals surface area (Å²) in [5.74, 6) is 1.61. The second-order valence-electron chi connectivity index (χ2n) is 10.3. The van der Waals surface area contributed by atoms with Crippen LogP contribution in [0.1, 0.15) is 49.9 Å². The van der Waals surface area contributed by atoms with Crippen molar-refractivity contribution in [2.24, 2.45) is 0 Å². The SMILES string of the molecule is CC1CC=C(c2cnc3cc(-c4ccc(N5C[C@@H](C)N(C)[C@@H](C)C5)nc4)ccn23)c2ccccc21. The predicted octanol–water partition coefficient (Wildman–Crippen LogP) is 5.86. The molecule has 0 bridgehead atoms. The summed E-state index contributed by atoms with van der Waals surface area (Å²) in [5, 5.41) is 0. The molecule has 2 aliphatic rings. The summed E-state index contributed by atoms with van der Waals surface area (Å²) in [6.07, 6.45) is 9.58. The van der Waals surface area contributed by atoms with Gasteiger partial charge in [-0.2, -0.15) is 0 Å². The Hall–Kier alpha value is -3.44. The molecule has 1 aliphatic heterocycles. The van der Waals surface area contributed by atoms with Gasteiger partial charge in [-0.15, -0.1) is 0 Å². The molecule has 0 spiro atoms. The normalized spacial score (nSPS) is 22.8. The van der Waals surface area contributed by atoms with Gasteiger partial charge in [0.25, 0.3) is 0 Å². The Morgan fingerprint density at radius 1 is 0.857 bits per heavy atom. The van der Waals surface area contributed by atoms with Gasteiger partial charge in [0, 0.05) is 48.7 Å². The second kappa shape index (κ2) is 8.65. The lowest BCUT2D eigenvalue weighted by Gasteiger charge is -2.43. The number of anilines is 1. The smallest absolute Gasteiger partial charge is 0.137 e. The molecule has 4 aromatic rings. The number of allylic oxidation sites excluding steroid dienone is 1. The van der Waals surface area contributed by atoms with E-state index in [-0.39, 0.29) is 0 Å².